The van der Waals surface area contributed by atoms with Crippen molar-refractivity contribution < 1.29 is 9.47 Å². The predicted molar refractivity (Wildman–Crippen MR) is 114 cm³/mol. The molecule has 0 saturated carbocycles. The van der Waals surface area contributed by atoms with Crippen molar-refractivity contribution in [1.82, 2.24) is 10.6 Å². The molecule has 0 atom stereocenters. The van der Waals surface area contributed by atoms with Crippen molar-refractivity contribution in [1.29, 1.82) is 0 Å². The molecule has 0 aliphatic heterocycles. The van der Waals surface area contributed by atoms with Crippen LogP contribution in [0.25, 0.3) is 0 Å². The Morgan fingerprint density at radius 1 is 1.04 bits per heavy atom. The zero-order chi connectivity index (χ0) is 19.2. The Kier molecular flexibility index (Phi) is 10.2. The van der Waals surface area contributed by atoms with Gasteiger partial charge in [0.05, 0.1) is 13.2 Å². The third kappa shape index (κ3) is 8.84. The molecule has 27 heavy (non-hydrogen) atoms. The van der Waals surface area contributed by atoms with Crippen LogP contribution in [-0.4, -0.2) is 45.1 Å². The standard InChI is InChI=1S/C21H29N3O2S/c1-3-22-21(23-12-15-27-20-10-5-4-6-11-20)24-17-18-8-7-9-19(16-18)26-14-13-25-2/h4-11,16H,3,12-15,17H2,1-2H3,(H2,22,23,24). The predicted octanol–water partition coefficient (Wildman–Crippen LogP) is 3.56. The number of aliphatic imine (C=N–C) groups is 1. The van der Waals surface area contributed by atoms with Gasteiger partial charge in [-0.1, -0.05) is 30.3 Å². The van der Waals surface area contributed by atoms with E-state index in [1.807, 2.05) is 36.0 Å². The molecule has 0 spiro atoms. The summed E-state index contributed by atoms with van der Waals surface area (Å²) < 4.78 is 10.7. The number of hydrogen-bond donors (Lipinski definition) is 2. The Morgan fingerprint density at radius 2 is 1.89 bits per heavy atom. The van der Waals surface area contributed by atoms with Gasteiger partial charge in [0.2, 0.25) is 0 Å². The third-order valence-corrected chi connectivity index (χ3v) is 4.64. The molecule has 0 bridgehead atoms. The highest BCUT2D eigenvalue weighted by Gasteiger charge is 2.00. The zero-order valence-electron chi connectivity index (χ0n) is 16.1. The van der Waals surface area contributed by atoms with Gasteiger partial charge in [-0.05, 0) is 36.8 Å². The topological polar surface area (TPSA) is 54.9 Å². The Hall–Kier alpha value is -2.18. The van der Waals surface area contributed by atoms with E-state index in [4.69, 9.17) is 9.47 Å². The average Bonchev–Trinajstić information content (AvgIpc) is 2.70. The second-order valence-electron chi connectivity index (χ2n) is 5.77. The highest BCUT2D eigenvalue weighted by atomic mass is 32.2. The van der Waals surface area contributed by atoms with E-state index in [0.29, 0.717) is 19.8 Å². The van der Waals surface area contributed by atoms with E-state index in [1.165, 1.54) is 4.90 Å². The number of guanidine groups is 1. The number of thioether (sulfide) groups is 1. The zero-order valence-corrected chi connectivity index (χ0v) is 16.9. The molecule has 146 valence electrons. The fraction of sp³-hybridized carbons (Fsp3) is 0.381. The third-order valence-electron chi connectivity index (χ3n) is 3.63. The lowest BCUT2D eigenvalue weighted by molar-refractivity contribution is 0.146. The number of nitrogens with one attached hydrogen (secondary N) is 2. The molecule has 2 aromatic rings. The van der Waals surface area contributed by atoms with Crippen molar-refractivity contribution >= 4 is 17.7 Å². The van der Waals surface area contributed by atoms with Crippen LogP contribution in [0.2, 0.25) is 0 Å². The van der Waals surface area contributed by atoms with Crippen LogP contribution >= 0.6 is 11.8 Å². The van der Waals surface area contributed by atoms with Gasteiger partial charge in [-0.15, -0.1) is 11.8 Å². The molecule has 0 radical (unpaired) electrons. The second kappa shape index (κ2) is 13.1. The maximum Gasteiger partial charge on any atom is 0.191 e. The van der Waals surface area contributed by atoms with E-state index in [0.717, 1.165) is 36.1 Å². The summed E-state index contributed by atoms with van der Waals surface area (Å²) in [5.74, 6) is 2.66. The Bertz CT molecular complexity index is 680. The van der Waals surface area contributed by atoms with Crippen molar-refractivity contribution in [3.05, 3.63) is 60.2 Å². The van der Waals surface area contributed by atoms with E-state index >= 15 is 0 Å². The second-order valence-corrected chi connectivity index (χ2v) is 6.94. The van der Waals surface area contributed by atoms with Crippen LogP contribution in [-0.2, 0) is 11.3 Å². The van der Waals surface area contributed by atoms with E-state index in [-0.39, 0.29) is 0 Å². The van der Waals surface area contributed by atoms with E-state index < -0.39 is 0 Å². The fourth-order valence-corrected chi connectivity index (χ4v) is 3.13. The van der Waals surface area contributed by atoms with Crippen molar-refractivity contribution in [3.63, 3.8) is 0 Å². The molecule has 0 aliphatic rings. The van der Waals surface area contributed by atoms with E-state index in [2.05, 4.69) is 52.9 Å². The summed E-state index contributed by atoms with van der Waals surface area (Å²) >= 11 is 1.83. The lowest BCUT2D eigenvalue weighted by Gasteiger charge is -2.11. The maximum absolute atomic E-state index is 5.66. The molecule has 0 amide bonds. The van der Waals surface area contributed by atoms with Gasteiger partial charge < -0.3 is 20.1 Å². The molecule has 0 aromatic heterocycles. The molecule has 5 nitrogen and oxygen atoms in total. The summed E-state index contributed by atoms with van der Waals surface area (Å²) in [4.78, 5) is 5.95. The maximum atomic E-state index is 5.66. The molecule has 2 rings (SSSR count). The Morgan fingerprint density at radius 3 is 2.67 bits per heavy atom. The first kappa shape index (κ1) is 21.1. The lowest BCUT2D eigenvalue weighted by atomic mass is 10.2. The molecule has 0 fully saturated rings. The molecule has 2 aromatic carbocycles. The van der Waals surface area contributed by atoms with Crippen LogP contribution in [0.15, 0.2) is 64.5 Å². The summed E-state index contributed by atoms with van der Waals surface area (Å²) in [5, 5.41) is 6.68. The molecule has 0 aliphatic carbocycles. The Labute approximate surface area is 166 Å². The highest BCUT2D eigenvalue weighted by molar-refractivity contribution is 7.99. The number of rotatable bonds is 11. The Balaban J connectivity index is 1.80. The van der Waals surface area contributed by atoms with Crippen LogP contribution in [0.4, 0.5) is 0 Å². The molecular weight excluding hydrogens is 358 g/mol. The summed E-state index contributed by atoms with van der Waals surface area (Å²) in [6, 6.07) is 18.4. The van der Waals surface area contributed by atoms with Crippen LogP contribution in [0.5, 0.6) is 5.75 Å². The molecule has 2 N–H and O–H groups in total. The van der Waals surface area contributed by atoms with Crippen molar-refractivity contribution in [3.8, 4) is 5.75 Å². The minimum atomic E-state index is 0.548. The summed E-state index contributed by atoms with van der Waals surface area (Å²) in [7, 11) is 1.67. The van der Waals surface area contributed by atoms with Gasteiger partial charge in [0, 0.05) is 30.8 Å². The first-order valence-corrected chi connectivity index (χ1v) is 10.2. The first-order chi connectivity index (χ1) is 13.3. The smallest absolute Gasteiger partial charge is 0.191 e. The number of benzene rings is 2. The fourth-order valence-electron chi connectivity index (χ4n) is 2.34. The molecule has 0 heterocycles. The van der Waals surface area contributed by atoms with E-state index in [9.17, 15) is 0 Å². The molecule has 6 heteroatoms. The van der Waals surface area contributed by atoms with Crippen LogP contribution < -0.4 is 15.4 Å². The number of methoxy groups -OCH3 is 1. The largest absolute Gasteiger partial charge is 0.491 e. The van der Waals surface area contributed by atoms with Gasteiger partial charge in [0.15, 0.2) is 5.96 Å². The van der Waals surface area contributed by atoms with E-state index in [1.54, 1.807) is 7.11 Å². The summed E-state index contributed by atoms with van der Waals surface area (Å²) in [6.45, 7) is 5.48. The molecule has 0 unspecified atom stereocenters. The quantitative estimate of drug-likeness (QED) is 0.267. The van der Waals surface area contributed by atoms with Gasteiger partial charge in [-0.25, -0.2) is 4.99 Å². The number of ether oxygens (including phenoxy) is 2. The van der Waals surface area contributed by atoms with Gasteiger partial charge >= 0.3 is 0 Å². The summed E-state index contributed by atoms with van der Waals surface area (Å²) in [6.07, 6.45) is 0. The van der Waals surface area contributed by atoms with Crippen LogP contribution in [0.3, 0.4) is 0 Å². The lowest BCUT2D eigenvalue weighted by Crippen LogP contribution is -2.38. The van der Waals surface area contributed by atoms with Gasteiger partial charge in [-0.3, -0.25) is 0 Å². The molecular formula is C21H29N3O2S. The monoisotopic (exact) mass is 387 g/mol. The number of nitrogens with zero attached hydrogens (tertiary/aromatic N) is 1. The molecule has 0 saturated heterocycles. The normalized spacial score (nSPS) is 11.3. The van der Waals surface area contributed by atoms with Crippen LogP contribution in [0.1, 0.15) is 12.5 Å². The van der Waals surface area contributed by atoms with Crippen molar-refractivity contribution in [2.45, 2.75) is 18.4 Å². The van der Waals surface area contributed by atoms with Crippen molar-refractivity contribution in [2.24, 2.45) is 4.99 Å². The highest BCUT2D eigenvalue weighted by Crippen LogP contribution is 2.16. The number of hydrogen-bond acceptors (Lipinski definition) is 4. The first-order valence-electron chi connectivity index (χ1n) is 9.22. The minimum Gasteiger partial charge on any atom is -0.491 e. The van der Waals surface area contributed by atoms with Gasteiger partial charge in [-0.2, -0.15) is 0 Å². The average molecular weight is 388 g/mol. The summed E-state index contributed by atoms with van der Waals surface area (Å²) in [5.41, 5.74) is 1.11. The SMILES string of the molecule is CCNC(=NCc1cccc(OCCOC)c1)NCCSc1ccccc1. The minimum absolute atomic E-state index is 0.548. The van der Waals surface area contributed by atoms with Crippen molar-refractivity contribution in [2.75, 3.05) is 39.2 Å². The van der Waals surface area contributed by atoms with Gasteiger partial charge in [0.25, 0.3) is 0 Å². The van der Waals surface area contributed by atoms with Gasteiger partial charge in [0.1, 0.15) is 12.4 Å². The van der Waals surface area contributed by atoms with Crippen LogP contribution in [0, 0.1) is 0 Å².